The van der Waals surface area contributed by atoms with Crippen molar-refractivity contribution in [3.05, 3.63) is 53.2 Å². The van der Waals surface area contributed by atoms with E-state index in [1.165, 1.54) is 36.4 Å². The van der Waals surface area contributed by atoms with Crippen LogP contribution < -0.4 is 0 Å². The molecule has 0 N–H and O–H groups in total. The number of hydrogen-bond acceptors (Lipinski definition) is 3. The molecular formula is C14H13NO2. The van der Waals surface area contributed by atoms with Crippen molar-refractivity contribution >= 4 is 5.78 Å². The molecule has 0 bridgehead atoms. The maximum Gasteiger partial charge on any atom is 0.263 e. The van der Waals surface area contributed by atoms with E-state index in [0.29, 0.717) is 6.42 Å². The number of aromatic nitrogens is 1. The van der Waals surface area contributed by atoms with E-state index in [-0.39, 0.29) is 11.7 Å². The molecule has 1 aromatic carbocycles. The summed E-state index contributed by atoms with van der Waals surface area (Å²) in [6, 6.07) is 6.31. The Balaban J connectivity index is 1.80. The molecule has 3 nitrogen and oxygen atoms in total. The molecule has 0 unspecified atom stereocenters. The molecule has 1 aromatic heterocycles. The molecule has 0 saturated carbocycles. The molecule has 0 saturated heterocycles. The molecule has 0 fully saturated rings. The number of ketones is 1. The van der Waals surface area contributed by atoms with Crippen molar-refractivity contribution in [2.75, 3.05) is 0 Å². The SMILES string of the molecule is O=C(Cc1ccc2c(c1)CCC2)c1ncco1. The summed E-state index contributed by atoms with van der Waals surface area (Å²) in [5.74, 6) is 0.137. The molecule has 0 amide bonds. The maximum absolute atomic E-state index is 11.8. The van der Waals surface area contributed by atoms with Gasteiger partial charge in [0.1, 0.15) is 6.26 Å². The zero-order valence-corrected chi connectivity index (χ0v) is 9.48. The summed E-state index contributed by atoms with van der Waals surface area (Å²) in [7, 11) is 0. The number of benzene rings is 1. The maximum atomic E-state index is 11.8. The summed E-state index contributed by atoms with van der Waals surface area (Å²) in [6.07, 6.45) is 6.83. The van der Waals surface area contributed by atoms with Gasteiger partial charge in [0.25, 0.3) is 5.89 Å². The van der Waals surface area contributed by atoms with Crippen molar-refractivity contribution in [1.29, 1.82) is 0 Å². The van der Waals surface area contributed by atoms with Gasteiger partial charge in [-0.25, -0.2) is 4.98 Å². The third kappa shape index (κ3) is 2.00. The van der Waals surface area contributed by atoms with Gasteiger partial charge >= 0.3 is 0 Å². The van der Waals surface area contributed by atoms with Crippen LogP contribution in [0.4, 0.5) is 0 Å². The number of oxazole rings is 1. The minimum atomic E-state index is -0.0621. The second-order valence-electron chi connectivity index (χ2n) is 4.39. The molecule has 17 heavy (non-hydrogen) atoms. The molecular weight excluding hydrogens is 214 g/mol. The lowest BCUT2D eigenvalue weighted by molar-refractivity contribution is 0.0960. The van der Waals surface area contributed by atoms with Crippen LogP contribution >= 0.6 is 0 Å². The minimum Gasteiger partial charge on any atom is -0.442 e. The monoisotopic (exact) mass is 227 g/mol. The highest BCUT2D eigenvalue weighted by Crippen LogP contribution is 2.23. The Morgan fingerprint density at radius 1 is 1.29 bits per heavy atom. The Morgan fingerprint density at radius 3 is 3.00 bits per heavy atom. The average Bonchev–Trinajstić information content (AvgIpc) is 2.99. The highest BCUT2D eigenvalue weighted by atomic mass is 16.3. The number of Topliss-reactive ketones (excluding diaryl/α,β-unsaturated/α-hetero) is 1. The fourth-order valence-corrected chi connectivity index (χ4v) is 2.36. The Labute approximate surface area is 99.5 Å². The highest BCUT2D eigenvalue weighted by Gasteiger charge is 2.14. The first-order valence-corrected chi connectivity index (χ1v) is 5.86. The molecule has 1 aliphatic carbocycles. The van der Waals surface area contributed by atoms with Crippen LogP contribution in [-0.4, -0.2) is 10.8 Å². The van der Waals surface area contributed by atoms with Gasteiger partial charge in [0.2, 0.25) is 5.78 Å². The number of hydrogen-bond donors (Lipinski definition) is 0. The average molecular weight is 227 g/mol. The quantitative estimate of drug-likeness (QED) is 0.757. The third-order valence-corrected chi connectivity index (χ3v) is 3.20. The predicted molar refractivity (Wildman–Crippen MR) is 63.0 cm³/mol. The molecule has 1 aliphatic rings. The minimum absolute atomic E-state index is 0.0621. The number of fused-ring (bicyclic) bond motifs is 1. The third-order valence-electron chi connectivity index (χ3n) is 3.20. The number of carbonyl (C=O) groups is 1. The number of carbonyl (C=O) groups excluding carboxylic acids is 1. The summed E-state index contributed by atoms with van der Waals surface area (Å²) in [5.41, 5.74) is 3.87. The van der Waals surface area contributed by atoms with E-state index < -0.39 is 0 Å². The van der Waals surface area contributed by atoms with Gasteiger partial charge in [-0.15, -0.1) is 0 Å². The second-order valence-corrected chi connectivity index (χ2v) is 4.39. The van der Waals surface area contributed by atoms with Crippen molar-refractivity contribution in [2.45, 2.75) is 25.7 Å². The molecule has 0 aliphatic heterocycles. The number of aryl methyl sites for hydroxylation is 2. The Bertz CT molecular complexity index is 543. The van der Waals surface area contributed by atoms with Crippen LogP contribution in [0, 0.1) is 0 Å². The van der Waals surface area contributed by atoms with Crippen LogP contribution in [0.3, 0.4) is 0 Å². The van der Waals surface area contributed by atoms with Gasteiger partial charge in [0, 0.05) is 6.42 Å². The standard InChI is InChI=1S/C14H13NO2/c16-13(14-15-6-7-17-14)9-10-4-5-11-2-1-3-12(11)8-10/h4-8H,1-3,9H2. The summed E-state index contributed by atoms with van der Waals surface area (Å²) < 4.78 is 5.00. The number of rotatable bonds is 3. The summed E-state index contributed by atoms with van der Waals surface area (Å²) in [5, 5.41) is 0. The molecule has 86 valence electrons. The van der Waals surface area contributed by atoms with Crippen molar-refractivity contribution in [1.82, 2.24) is 4.98 Å². The van der Waals surface area contributed by atoms with Crippen molar-refractivity contribution in [3.63, 3.8) is 0 Å². The summed E-state index contributed by atoms with van der Waals surface area (Å²) >= 11 is 0. The Kier molecular flexibility index (Phi) is 2.52. The van der Waals surface area contributed by atoms with Gasteiger partial charge < -0.3 is 4.42 Å². The van der Waals surface area contributed by atoms with E-state index in [1.807, 2.05) is 6.07 Å². The highest BCUT2D eigenvalue weighted by molar-refractivity contribution is 5.93. The van der Waals surface area contributed by atoms with Crippen molar-refractivity contribution in [2.24, 2.45) is 0 Å². The van der Waals surface area contributed by atoms with Crippen molar-refractivity contribution in [3.8, 4) is 0 Å². The van der Waals surface area contributed by atoms with E-state index in [4.69, 9.17) is 4.42 Å². The molecule has 2 aromatic rings. The van der Waals surface area contributed by atoms with Gasteiger partial charge in [-0.05, 0) is 36.0 Å². The van der Waals surface area contributed by atoms with Crippen LogP contribution in [-0.2, 0) is 19.3 Å². The zero-order valence-electron chi connectivity index (χ0n) is 9.48. The molecule has 1 heterocycles. The van der Waals surface area contributed by atoms with Gasteiger partial charge in [-0.3, -0.25) is 4.79 Å². The number of nitrogens with zero attached hydrogens (tertiary/aromatic N) is 1. The van der Waals surface area contributed by atoms with Crippen LogP contribution in [0.1, 0.15) is 33.8 Å². The first-order valence-electron chi connectivity index (χ1n) is 5.86. The van der Waals surface area contributed by atoms with Gasteiger partial charge in [-0.1, -0.05) is 18.2 Å². The summed E-state index contributed by atoms with van der Waals surface area (Å²) in [6.45, 7) is 0. The van der Waals surface area contributed by atoms with E-state index in [2.05, 4.69) is 17.1 Å². The lowest BCUT2D eigenvalue weighted by Gasteiger charge is -2.03. The van der Waals surface area contributed by atoms with E-state index >= 15 is 0 Å². The van der Waals surface area contributed by atoms with E-state index in [1.54, 1.807) is 0 Å². The lowest BCUT2D eigenvalue weighted by Crippen LogP contribution is -2.04. The first-order chi connectivity index (χ1) is 8.33. The van der Waals surface area contributed by atoms with E-state index in [0.717, 1.165) is 12.0 Å². The Hall–Kier alpha value is -1.90. The molecule has 3 heteroatoms. The van der Waals surface area contributed by atoms with Crippen LogP contribution in [0.5, 0.6) is 0 Å². The zero-order chi connectivity index (χ0) is 11.7. The normalized spacial score (nSPS) is 13.6. The topological polar surface area (TPSA) is 43.1 Å². The van der Waals surface area contributed by atoms with Gasteiger partial charge in [0.15, 0.2) is 0 Å². The molecule has 0 atom stereocenters. The smallest absolute Gasteiger partial charge is 0.263 e. The fourth-order valence-electron chi connectivity index (χ4n) is 2.36. The summed E-state index contributed by atoms with van der Waals surface area (Å²) in [4.78, 5) is 15.7. The fraction of sp³-hybridized carbons (Fsp3) is 0.286. The molecule has 0 spiro atoms. The van der Waals surface area contributed by atoms with Crippen LogP contribution in [0.15, 0.2) is 35.1 Å². The van der Waals surface area contributed by atoms with Crippen LogP contribution in [0.25, 0.3) is 0 Å². The van der Waals surface area contributed by atoms with Gasteiger partial charge in [-0.2, -0.15) is 0 Å². The largest absolute Gasteiger partial charge is 0.442 e. The first kappa shape index (κ1) is 10.3. The molecule has 0 radical (unpaired) electrons. The lowest BCUT2D eigenvalue weighted by atomic mass is 10.0. The second kappa shape index (κ2) is 4.17. The van der Waals surface area contributed by atoms with Crippen molar-refractivity contribution < 1.29 is 9.21 Å². The van der Waals surface area contributed by atoms with E-state index in [9.17, 15) is 4.79 Å². The predicted octanol–water partition coefficient (Wildman–Crippen LogP) is 2.59. The Morgan fingerprint density at radius 2 is 2.18 bits per heavy atom. The molecule has 3 rings (SSSR count). The van der Waals surface area contributed by atoms with Gasteiger partial charge in [0.05, 0.1) is 6.20 Å². The van der Waals surface area contributed by atoms with Crippen LogP contribution in [0.2, 0.25) is 0 Å².